The van der Waals surface area contributed by atoms with Crippen LogP contribution in [0, 0.1) is 0 Å². The molecule has 0 amide bonds. The Morgan fingerprint density at radius 3 is 2.50 bits per heavy atom. The van der Waals surface area contributed by atoms with Crippen molar-refractivity contribution in [1.82, 2.24) is 0 Å². The molecule has 0 aromatic rings. The lowest BCUT2D eigenvalue weighted by Gasteiger charge is -2.36. The topological polar surface area (TPSA) is 198 Å². The molecule has 0 aromatic heterocycles. The van der Waals surface area contributed by atoms with Gasteiger partial charge in [-0.15, -0.1) is 0 Å². The Labute approximate surface area is 114 Å². The van der Waals surface area contributed by atoms with Gasteiger partial charge in [-0.1, -0.05) is 0 Å². The van der Waals surface area contributed by atoms with E-state index in [2.05, 4.69) is 4.99 Å². The Morgan fingerprint density at radius 1 is 1.45 bits per heavy atom. The number of carbonyl (C=O) groups is 1. The maximum absolute atomic E-state index is 11.0. The summed E-state index contributed by atoms with van der Waals surface area (Å²) in [5, 5.41) is 37.0. The van der Waals surface area contributed by atoms with Gasteiger partial charge in [0.2, 0.25) is 5.76 Å². The van der Waals surface area contributed by atoms with E-state index >= 15 is 0 Å². The summed E-state index contributed by atoms with van der Waals surface area (Å²) in [6.07, 6.45) is -3.34. The van der Waals surface area contributed by atoms with Crippen molar-refractivity contribution in [1.29, 1.82) is 0 Å². The zero-order valence-corrected chi connectivity index (χ0v) is 10.5. The lowest BCUT2D eigenvalue weighted by Crippen LogP contribution is -2.57. The zero-order chi connectivity index (χ0) is 15.4. The fraction of sp³-hybridized carbons (Fsp3) is 0.600. The number of aliphatic carboxylic acids is 1. The summed E-state index contributed by atoms with van der Waals surface area (Å²) in [5.41, 5.74) is 16.2. The lowest BCUT2D eigenvalue weighted by molar-refractivity contribution is -0.144. The summed E-state index contributed by atoms with van der Waals surface area (Å²) in [6, 6.07) is -1.94. The molecular formula is C10H18N4O6. The second-order valence-corrected chi connectivity index (χ2v) is 4.28. The van der Waals surface area contributed by atoms with Gasteiger partial charge < -0.3 is 42.4 Å². The van der Waals surface area contributed by atoms with Gasteiger partial charge in [0.1, 0.15) is 18.3 Å². The first-order valence-corrected chi connectivity index (χ1v) is 5.71. The summed E-state index contributed by atoms with van der Waals surface area (Å²) in [5.74, 6) is -2.22. The fourth-order valence-corrected chi connectivity index (χ4v) is 1.77. The van der Waals surface area contributed by atoms with Crippen LogP contribution in [-0.2, 0) is 9.53 Å². The van der Waals surface area contributed by atoms with Crippen molar-refractivity contribution in [2.24, 2.45) is 22.2 Å². The first kappa shape index (κ1) is 16.2. The molecule has 1 heterocycles. The van der Waals surface area contributed by atoms with Crippen molar-refractivity contribution in [2.45, 2.75) is 30.4 Å². The number of aliphatic hydroxyl groups excluding tert-OH is 3. The molecule has 0 aliphatic carbocycles. The molecule has 0 fully saturated rings. The molecule has 0 spiro atoms. The van der Waals surface area contributed by atoms with Crippen molar-refractivity contribution in [3.63, 3.8) is 0 Å². The van der Waals surface area contributed by atoms with Gasteiger partial charge in [-0.3, -0.25) is 0 Å². The maximum atomic E-state index is 11.0. The number of aliphatic imine (C=N–C) groups is 1. The van der Waals surface area contributed by atoms with Crippen LogP contribution in [0.1, 0.15) is 0 Å². The molecule has 0 bridgehead atoms. The first-order chi connectivity index (χ1) is 9.27. The third-order valence-electron chi connectivity index (χ3n) is 2.79. The number of carboxylic acids is 1. The monoisotopic (exact) mass is 290 g/mol. The number of nitrogens with zero attached hydrogens (tertiary/aromatic N) is 1. The van der Waals surface area contributed by atoms with Crippen LogP contribution in [0.4, 0.5) is 0 Å². The minimum Gasteiger partial charge on any atom is -0.479 e. The molecular weight excluding hydrogens is 272 g/mol. The number of rotatable bonds is 5. The Kier molecular flexibility index (Phi) is 5.27. The summed E-state index contributed by atoms with van der Waals surface area (Å²) in [6.45, 7) is -0.743. The molecule has 1 rings (SSSR count). The molecule has 0 aromatic carbocycles. The zero-order valence-electron chi connectivity index (χ0n) is 10.5. The largest absolute Gasteiger partial charge is 0.479 e. The molecule has 0 saturated heterocycles. The van der Waals surface area contributed by atoms with Gasteiger partial charge in [0.25, 0.3) is 0 Å². The van der Waals surface area contributed by atoms with Crippen LogP contribution < -0.4 is 17.2 Å². The number of carboxylic acid groups (broad SMARTS) is 1. The Bertz CT molecular complexity index is 422. The Balaban J connectivity index is 3.07. The summed E-state index contributed by atoms with van der Waals surface area (Å²) >= 11 is 0. The number of ether oxygens (including phenoxy) is 1. The van der Waals surface area contributed by atoms with E-state index < -0.39 is 48.7 Å². The lowest BCUT2D eigenvalue weighted by atomic mass is 9.93. The van der Waals surface area contributed by atoms with Gasteiger partial charge in [0.15, 0.2) is 5.96 Å². The van der Waals surface area contributed by atoms with Crippen LogP contribution in [0.2, 0.25) is 0 Å². The third-order valence-corrected chi connectivity index (χ3v) is 2.79. The van der Waals surface area contributed by atoms with E-state index in [0.29, 0.717) is 0 Å². The van der Waals surface area contributed by atoms with Crippen LogP contribution >= 0.6 is 0 Å². The molecule has 20 heavy (non-hydrogen) atoms. The number of guanidine groups is 1. The van der Waals surface area contributed by atoms with Gasteiger partial charge in [-0.25, -0.2) is 9.79 Å². The van der Waals surface area contributed by atoms with Crippen LogP contribution in [0.25, 0.3) is 0 Å². The molecule has 10 N–H and O–H groups in total. The van der Waals surface area contributed by atoms with Crippen LogP contribution in [-0.4, -0.2) is 69.4 Å². The van der Waals surface area contributed by atoms with Crippen molar-refractivity contribution < 1.29 is 30.0 Å². The normalized spacial score (nSPS) is 28.8. The van der Waals surface area contributed by atoms with Gasteiger partial charge in [0, 0.05) is 0 Å². The number of aliphatic hydroxyl groups is 3. The Morgan fingerprint density at radius 2 is 2.05 bits per heavy atom. The molecule has 10 nitrogen and oxygen atoms in total. The second-order valence-electron chi connectivity index (χ2n) is 4.28. The number of nitrogens with two attached hydrogens (primary N) is 3. The van der Waals surface area contributed by atoms with E-state index in [1.165, 1.54) is 0 Å². The predicted molar refractivity (Wildman–Crippen MR) is 67.3 cm³/mol. The minimum absolute atomic E-state index is 0.315. The van der Waals surface area contributed by atoms with E-state index in [-0.39, 0.29) is 5.96 Å². The van der Waals surface area contributed by atoms with E-state index in [4.69, 9.17) is 32.2 Å². The van der Waals surface area contributed by atoms with Gasteiger partial charge in [-0.05, 0) is 6.08 Å². The molecule has 1 aliphatic heterocycles. The van der Waals surface area contributed by atoms with E-state index in [1.54, 1.807) is 0 Å². The molecule has 0 radical (unpaired) electrons. The van der Waals surface area contributed by atoms with Crippen LogP contribution in [0.15, 0.2) is 16.8 Å². The average molecular weight is 290 g/mol. The molecule has 2 unspecified atom stereocenters. The summed E-state index contributed by atoms with van der Waals surface area (Å²) in [7, 11) is 0. The van der Waals surface area contributed by atoms with Crippen molar-refractivity contribution in [3.05, 3.63) is 11.8 Å². The predicted octanol–water partition coefficient (Wildman–Crippen LogP) is -3.96. The average Bonchev–Trinajstić information content (AvgIpc) is 2.38. The molecule has 1 aliphatic rings. The second kappa shape index (κ2) is 6.52. The highest BCUT2D eigenvalue weighted by Crippen LogP contribution is 2.23. The minimum atomic E-state index is -1.60. The molecule has 0 saturated carbocycles. The molecule has 5 atom stereocenters. The summed E-state index contributed by atoms with van der Waals surface area (Å²) in [4.78, 5) is 14.7. The Hall–Kier alpha value is -1.88. The number of hydrogen-bond acceptors (Lipinski definition) is 7. The maximum Gasteiger partial charge on any atom is 0.370 e. The van der Waals surface area contributed by atoms with E-state index in [0.717, 1.165) is 6.08 Å². The van der Waals surface area contributed by atoms with E-state index in [9.17, 15) is 15.0 Å². The van der Waals surface area contributed by atoms with Gasteiger partial charge in [0.05, 0.1) is 18.7 Å². The molecule has 10 heteroatoms. The highest BCUT2D eigenvalue weighted by atomic mass is 16.5. The van der Waals surface area contributed by atoms with E-state index in [1.807, 2.05) is 0 Å². The first-order valence-electron chi connectivity index (χ1n) is 5.71. The third kappa shape index (κ3) is 3.57. The van der Waals surface area contributed by atoms with Crippen molar-refractivity contribution in [3.8, 4) is 0 Å². The smallest absolute Gasteiger partial charge is 0.370 e. The summed E-state index contributed by atoms with van der Waals surface area (Å²) < 4.78 is 5.02. The number of hydrogen-bond donors (Lipinski definition) is 7. The van der Waals surface area contributed by atoms with Gasteiger partial charge >= 0.3 is 5.97 Å². The van der Waals surface area contributed by atoms with Crippen LogP contribution in [0.5, 0.6) is 0 Å². The highest BCUT2D eigenvalue weighted by Gasteiger charge is 2.41. The standard InChI is InChI=1S/C10H18N4O6/c11-6-3(14-10(12)13)1-5(9(18)19)20-8(6)7(17)4(16)2-15/h1,3-4,6-8,15-17H,2,11H2,(H,18,19)(H4,12,13,14)/t3-,4?,6+,7?,8+/m1/s1. The van der Waals surface area contributed by atoms with Crippen molar-refractivity contribution >= 4 is 11.9 Å². The quantitative estimate of drug-likeness (QED) is 0.195. The SMILES string of the molecule is NC(N)=N[C@@H]1C=C(C(=O)O)O[C@H](C(O)C(O)CO)[C@H]1N. The fourth-order valence-electron chi connectivity index (χ4n) is 1.77. The highest BCUT2D eigenvalue weighted by molar-refractivity contribution is 5.85. The van der Waals surface area contributed by atoms with Crippen molar-refractivity contribution in [2.75, 3.05) is 6.61 Å². The molecule has 114 valence electrons. The van der Waals surface area contributed by atoms with Gasteiger partial charge in [-0.2, -0.15) is 0 Å². The van der Waals surface area contributed by atoms with Crippen LogP contribution in [0.3, 0.4) is 0 Å².